The third-order valence-electron chi connectivity index (χ3n) is 4.31. The van der Waals surface area contributed by atoms with Crippen LogP contribution in [-0.2, 0) is 0 Å². The first kappa shape index (κ1) is 15.1. The van der Waals surface area contributed by atoms with Crippen LogP contribution >= 0.6 is 0 Å². The quantitative estimate of drug-likeness (QED) is 0.531. The van der Waals surface area contributed by atoms with Crippen LogP contribution in [0, 0.1) is 0 Å². The van der Waals surface area contributed by atoms with E-state index in [0.29, 0.717) is 5.56 Å². The van der Waals surface area contributed by atoms with Crippen molar-refractivity contribution in [2.75, 3.05) is 0 Å². The number of Topliss-reactive ketones (excluding diaryl/α,β-unsaturated/α-hetero) is 1. The minimum Gasteiger partial charge on any atom is -0.508 e. The predicted octanol–water partition coefficient (Wildman–Crippen LogP) is 4.81. The number of pyridine rings is 1. The van der Waals surface area contributed by atoms with E-state index >= 15 is 0 Å². The molecule has 4 aromatic rings. The Morgan fingerprint density at radius 1 is 1.00 bits per heavy atom. The van der Waals surface area contributed by atoms with Gasteiger partial charge in [0, 0.05) is 34.5 Å². The van der Waals surface area contributed by atoms with Gasteiger partial charge in [-0.15, -0.1) is 0 Å². The number of ketones is 1. The maximum absolute atomic E-state index is 11.4. The Bertz CT molecular complexity index is 1080. The Morgan fingerprint density at radius 3 is 2.52 bits per heavy atom. The third kappa shape index (κ3) is 2.78. The van der Waals surface area contributed by atoms with E-state index in [1.165, 1.54) is 0 Å². The maximum Gasteiger partial charge on any atom is 0.159 e. The number of H-pyrrole nitrogens is 1. The molecule has 0 aliphatic carbocycles. The standard InChI is InChI=1S/C21H16N2O2/c1-13(24)14-5-7-15(8-6-14)20-12-23-21-19(20)10-17(11-22-21)16-3-2-4-18(25)9-16/h2-12,25H,1H3,(H,22,23). The number of phenolic OH excluding ortho intramolecular Hbond substituents is 1. The fourth-order valence-corrected chi connectivity index (χ4v) is 2.97. The van der Waals surface area contributed by atoms with Crippen molar-refractivity contribution in [3.05, 3.63) is 72.6 Å². The van der Waals surface area contributed by atoms with Crippen molar-refractivity contribution < 1.29 is 9.90 Å². The number of carbonyl (C=O) groups is 1. The van der Waals surface area contributed by atoms with Crippen molar-refractivity contribution in [1.82, 2.24) is 9.97 Å². The zero-order valence-electron chi connectivity index (χ0n) is 13.7. The average Bonchev–Trinajstić information content (AvgIpc) is 3.05. The van der Waals surface area contributed by atoms with Gasteiger partial charge in [0.15, 0.2) is 5.78 Å². The molecule has 122 valence electrons. The van der Waals surface area contributed by atoms with Gasteiger partial charge in [-0.2, -0.15) is 0 Å². The van der Waals surface area contributed by atoms with Crippen LogP contribution in [0.5, 0.6) is 5.75 Å². The number of carbonyl (C=O) groups excluding carboxylic acids is 1. The number of fused-ring (bicyclic) bond motifs is 1. The van der Waals surface area contributed by atoms with Crippen LogP contribution in [0.2, 0.25) is 0 Å². The molecular weight excluding hydrogens is 312 g/mol. The second kappa shape index (κ2) is 5.91. The highest BCUT2D eigenvalue weighted by atomic mass is 16.3. The van der Waals surface area contributed by atoms with Gasteiger partial charge in [-0.05, 0) is 36.2 Å². The van der Waals surface area contributed by atoms with Crippen molar-refractivity contribution >= 4 is 16.8 Å². The number of hydrogen-bond acceptors (Lipinski definition) is 3. The van der Waals surface area contributed by atoms with E-state index in [1.54, 1.807) is 25.3 Å². The first-order valence-electron chi connectivity index (χ1n) is 8.00. The van der Waals surface area contributed by atoms with E-state index in [2.05, 4.69) is 16.0 Å². The van der Waals surface area contributed by atoms with E-state index in [0.717, 1.165) is 33.3 Å². The molecule has 2 aromatic carbocycles. The largest absolute Gasteiger partial charge is 0.508 e. The molecule has 0 saturated carbocycles. The van der Waals surface area contributed by atoms with Gasteiger partial charge in [0.25, 0.3) is 0 Å². The summed E-state index contributed by atoms with van der Waals surface area (Å²) in [5.74, 6) is 0.282. The summed E-state index contributed by atoms with van der Waals surface area (Å²) in [6.45, 7) is 1.56. The van der Waals surface area contributed by atoms with Gasteiger partial charge in [0.2, 0.25) is 0 Å². The third-order valence-corrected chi connectivity index (χ3v) is 4.31. The summed E-state index contributed by atoms with van der Waals surface area (Å²) >= 11 is 0. The molecule has 4 heteroatoms. The SMILES string of the molecule is CC(=O)c1ccc(-c2c[nH]c3ncc(-c4cccc(O)c4)cc23)cc1. The summed E-state index contributed by atoms with van der Waals surface area (Å²) in [5, 5.41) is 10.7. The minimum atomic E-state index is 0.0540. The van der Waals surface area contributed by atoms with Crippen molar-refractivity contribution in [1.29, 1.82) is 0 Å². The Hall–Kier alpha value is -3.40. The van der Waals surface area contributed by atoms with Crippen LogP contribution in [0.15, 0.2) is 67.0 Å². The molecule has 0 aliphatic rings. The molecule has 2 aromatic heterocycles. The molecule has 0 fully saturated rings. The van der Waals surface area contributed by atoms with Gasteiger partial charge < -0.3 is 10.1 Å². The normalized spacial score (nSPS) is 10.9. The van der Waals surface area contributed by atoms with E-state index < -0.39 is 0 Å². The number of rotatable bonds is 3. The van der Waals surface area contributed by atoms with Gasteiger partial charge in [0.1, 0.15) is 11.4 Å². The molecule has 0 unspecified atom stereocenters. The molecule has 0 atom stereocenters. The van der Waals surface area contributed by atoms with Crippen molar-refractivity contribution in [3.63, 3.8) is 0 Å². The van der Waals surface area contributed by atoms with Crippen molar-refractivity contribution in [3.8, 4) is 28.0 Å². The van der Waals surface area contributed by atoms with Crippen LogP contribution in [0.1, 0.15) is 17.3 Å². The summed E-state index contributed by atoms with van der Waals surface area (Å²) in [7, 11) is 0. The molecule has 2 heterocycles. The van der Waals surface area contributed by atoms with Crippen LogP contribution in [0.4, 0.5) is 0 Å². The van der Waals surface area contributed by atoms with Crippen molar-refractivity contribution in [2.24, 2.45) is 0 Å². The Balaban J connectivity index is 1.82. The summed E-state index contributed by atoms with van der Waals surface area (Å²) in [4.78, 5) is 19.1. The number of hydrogen-bond donors (Lipinski definition) is 2. The second-order valence-corrected chi connectivity index (χ2v) is 6.01. The van der Waals surface area contributed by atoms with E-state index in [1.807, 2.05) is 42.6 Å². The highest BCUT2D eigenvalue weighted by molar-refractivity contribution is 5.98. The molecule has 0 saturated heterocycles. The fraction of sp³-hybridized carbons (Fsp3) is 0.0476. The molecule has 4 nitrogen and oxygen atoms in total. The number of benzene rings is 2. The molecular formula is C21H16N2O2. The molecule has 25 heavy (non-hydrogen) atoms. The van der Waals surface area contributed by atoms with Gasteiger partial charge in [-0.3, -0.25) is 4.79 Å². The Kier molecular flexibility index (Phi) is 3.58. The molecule has 0 aliphatic heterocycles. The smallest absolute Gasteiger partial charge is 0.159 e. The fourth-order valence-electron chi connectivity index (χ4n) is 2.97. The topological polar surface area (TPSA) is 66.0 Å². The lowest BCUT2D eigenvalue weighted by Gasteiger charge is -2.04. The molecule has 0 spiro atoms. The molecule has 0 bridgehead atoms. The summed E-state index contributed by atoms with van der Waals surface area (Å²) < 4.78 is 0. The first-order chi connectivity index (χ1) is 12.1. The lowest BCUT2D eigenvalue weighted by atomic mass is 10.0. The predicted molar refractivity (Wildman–Crippen MR) is 98.6 cm³/mol. The summed E-state index contributed by atoms with van der Waals surface area (Å²) in [6.07, 6.45) is 3.71. The monoisotopic (exact) mass is 328 g/mol. The number of aromatic nitrogens is 2. The Morgan fingerprint density at radius 2 is 1.80 bits per heavy atom. The minimum absolute atomic E-state index is 0.0540. The van der Waals surface area contributed by atoms with Gasteiger partial charge in [-0.1, -0.05) is 36.4 Å². The number of nitrogens with zero attached hydrogens (tertiary/aromatic N) is 1. The number of aromatic hydroxyl groups is 1. The summed E-state index contributed by atoms with van der Waals surface area (Å²) in [5.41, 5.74) is 5.39. The van der Waals surface area contributed by atoms with Crippen LogP contribution in [-0.4, -0.2) is 20.9 Å². The average molecular weight is 328 g/mol. The van der Waals surface area contributed by atoms with Crippen molar-refractivity contribution in [2.45, 2.75) is 6.92 Å². The van der Waals surface area contributed by atoms with E-state index in [-0.39, 0.29) is 11.5 Å². The lowest BCUT2D eigenvalue weighted by molar-refractivity contribution is 0.101. The first-order valence-corrected chi connectivity index (χ1v) is 8.00. The number of nitrogens with one attached hydrogen (secondary N) is 1. The Labute approximate surface area is 144 Å². The van der Waals surface area contributed by atoms with Gasteiger partial charge in [0.05, 0.1) is 0 Å². The summed E-state index contributed by atoms with van der Waals surface area (Å²) in [6, 6.07) is 16.7. The van der Waals surface area contributed by atoms with Gasteiger partial charge >= 0.3 is 0 Å². The lowest BCUT2D eigenvalue weighted by Crippen LogP contribution is -1.90. The van der Waals surface area contributed by atoms with Crippen LogP contribution < -0.4 is 0 Å². The highest BCUT2D eigenvalue weighted by Crippen LogP contribution is 2.31. The molecule has 0 radical (unpaired) electrons. The van der Waals surface area contributed by atoms with Crippen LogP contribution in [0.3, 0.4) is 0 Å². The number of aromatic amines is 1. The zero-order chi connectivity index (χ0) is 17.4. The molecule has 4 rings (SSSR count). The maximum atomic E-state index is 11.4. The highest BCUT2D eigenvalue weighted by Gasteiger charge is 2.10. The second-order valence-electron chi connectivity index (χ2n) is 6.01. The van der Waals surface area contributed by atoms with Crippen LogP contribution in [0.25, 0.3) is 33.3 Å². The van der Waals surface area contributed by atoms with E-state index in [4.69, 9.17) is 0 Å². The zero-order valence-corrected chi connectivity index (χ0v) is 13.7. The van der Waals surface area contributed by atoms with E-state index in [9.17, 15) is 9.90 Å². The molecule has 0 amide bonds. The van der Waals surface area contributed by atoms with Gasteiger partial charge in [-0.25, -0.2) is 4.98 Å². The molecule has 2 N–H and O–H groups in total. The number of phenols is 1.